The monoisotopic (exact) mass is 392 g/mol. The minimum atomic E-state index is -2.82. The number of halogens is 3. The Balaban J connectivity index is 1.98. The molecule has 0 spiro atoms. The van der Waals surface area contributed by atoms with Crippen molar-refractivity contribution in [3.8, 4) is 0 Å². The van der Waals surface area contributed by atoms with E-state index in [9.17, 15) is 18.4 Å². The summed E-state index contributed by atoms with van der Waals surface area (Å²) in [6.07, 6.45) is -2.81. The van der Waals surface area contributed by atoms with Crippen molar-refractivity contribution in [1.29, 1.82) is 0 Å². The summed E-state index contributed by atoms with van der Waals surface area (Å²) in [5.41, 5.74) is 0.184. The van der Waals surface area contributed by atoms with Crippen molar-refractivity contribution in [1.82, 2.24) is 14.8 Å². The van der Waals surface area contributed by atoms with E-state index in [-0.39, 0.29) is 35.4 Å². The molecule has 2 aromatic heterocycles. The van der Waals surface area contributed by atoms with Crippen molar-refractivity contribution in [3.63, 3.8) is 0 Å². The van der Waals surface area contributed by atoms with E-state index in [4.69, 9.17) is 16.3 Å². The van der Waals surface area contributed by atoms with Gasteiger partial charge in [0.25, 0.3) is 6.43 Å². The zero-order chi connectivity index (χ0) is 18.6. The van der Waals surface area contributed by atoms with E-state index >= 15 is 0 Å². The molecule has 2 rings (SSSR count). The number of hydrogen-bond donors (Lipinski definition) is 1. The van der Waals surface area contributed by atoms with Gasteiger partial charge in [0.15, 0.2) is 5.13 Å². The summed E-state index contributed by atoms with van der Waals surface area (Å²) in [6.45, 7) is 3.19. The van der Waals surface area contributed by atoms with Gasteiger partial charge in [-0.25, -0.2) is 13.8 Å². The van der Waals surface area contributed by atoms with Crippen molar-refractivity contribution >= 4 is 39.9 Å². The van der Waals surface area contributed by atoms with Crippen molar-refractivity contribution in [2.45, 2.75) is 33.2 Å². The molecule has 1 amide bonds. The Morgan fingerprint density at radius 3 is 2.80 bits per heavy atom. The van der Waals surface area contributed by atoms with Gasteiger partial charge < -0.3 is 10.1 Å². The van der Waals surface area contributed by atoms with Crippen LogP contribution in [0, 0.1) is 6.92 Å². The Kier molecular flexibility index (Phi) is 6.43. The zero-order valence-corrected chi connectivity index (χ0v) is 15.0. The van der Waals surface area contributed by atoms with Crippen molar-refractivity contribution in [2.24, 2.45) is 0 Å². The van der Waals surface area contributed by atoms with Gasteiger partial charge >= 0.3 is 5.97 Å². The number of carbonyl (C=O) groups excluding carboxylic acids is 2. The van der Waals surface area contributed by atoms with E-state index in [1.807, 2.05) is 0 Å². The van der Waals surface area contributed by atoms with Crippen LogP contribution in [0.1, 0.15) is 30.4 Å². The minimum Gasteiger partial charge on any atom is -0.466 e. The predicted octanol–water partition coefficient (Wildman–Crippen LogP) is 2.98. The van der Waals surface area contributed by atoms with E-state index in [1.165, 1.54) is 6.92 Å². The Hall–Kier alpha value is -2.07. The van der Waals surface area contributed by atoms with Crippen molar-refractivity contribution in [3.05, 3.63) is 27.5 Å². The summed E-state index contributed by atoms with van der Waals surface area (Å²) in [5.74, 6) is -0.910. The molecule has 0 saturated carbocycles. The predicted molar refractivity (Wildman–Crippen MR) is 88.0 cm³/mol. The van der Waals surface area contributed by atoms with Crippen LogP contribution >= 0.6 is 22.9 Å². The topological polar surface area (TPSA) is 86.1 Å². The van der Waals surface area contributed by atoms with Gasteiger partial charge in [0.05, 0.1) is 29.4 Å². The third-order valence-corrected chi connectivity index (χ3v) is 4.36. The number of hydrogen-bond acceptors (Lipinski definition) is 6. The fourth-order valence-electron chi connectivity index (χ4n) is 1.94. The van der Waals surface area contributed by atoms with Crippen LogP contribution in [0.25, 0.3) is 0 Å². The van der Waals surface area contributed by atoms with Gasteiger partial charge in [-0.1, -0.05) is 11.6 Å². The SMILES string of the molecule is CCOC(=O)Cc1csc(NC(=O)Cn2nc(C(F)F)c(Cl)c2C)n1. The molecule has 2 aromatic rings. The lowest BCUT2D eigenvalue weighted by Gasteiger charge is -2.04. The molecular formula is C14H15ClF2N4O3S. The first-order valence-corrected chi connectivity index (χ1v) is 8.48. The first-order valence-electron chi connectivity index (χ1n) is 7.22. The molecule has 0 aliphatic rings. The highest BCUT2D eigenvalue weighted by atomic mass is 35.5. The Morgan fingerprint density at radius 1 is 1.48 bits per heavy atom. The van der Waals surface area contributed by atoms with Crippen molar-refractivity contribution < 1.29 is 23.1 Å². The number of carbonyl (C=O) groups is 2. The number of aromatic nitrogens is 3. The average molecular weight is 393 g/mol. The van der Waals surface area contributed by atoms with Crippen LogP contribution < -0.4 is 5.32 Å². The first kappa shape index (κ1) is 19.3. The van der Waals surface area contributed by atoms with Gasteiger partial charge in [0, 0.05) is 5.38 Å². The molecule has 2 heterocycles. The quantitative estimate of drug-likeness (QED) is 0.732. The Labute approximate surface area is 150 Å². The third kappa shape index (κ3) is 4.95. The lowest BCUT2D eigenvalue weighted by Crippen LogP contribution is -2.20. The van der Waals surface area contributed by atoms with Crippen LogP contribution in [0.15, 0.2) is 5.38 Å². The molecule has 0 unspecified atom stereocenters. The lowest BCUT2D eigenvalue weighted by atomic mass is 10.3. The molecule has 136 valence electrons. The lowest BCUT2D eigenvalue weighted by molar-refractivity contribution is -0.142. The number of amides is 1. The normalized spacial score (nSPS) is 11.0. The molecule has 0 aliphatic carbocycles. The Bertz CT molecular complexity index is 778. The van der Waals surface area contributed by atoms with Gasteiger partial charge in [-0.3, -0.25) is 14.3 Å². The zero-order valence-electron chi connectivity index (χ0n) is 13.4. The maximum atomic E-state index is 12.8. The van der Waals surface area contributed by atoms with Crippen LogP contribution in [0.4, 0.5) is 13.9 Å². The third-order valence-electron chi connectivity index (χ3n) is 3.09. The van der Waals surface area contributed by atoms with Gasteiger partial charge in [-0.2, -0.15) is 5.10 Å². The molecule has 0 radical (unpaired) electrons. The molecule has 0 bridgehead atoms. The second-order valence-electron chi connectivity index (χ2n) is 4.92. The van der Waals surface area contributed by atoms with E-state index < -0.39 is 24.0 Å². The number of ether oxygens (including phenoxy) is 1. The first-order chi connectivity index (χ1) is 11.8. The number of nitrogens with zero attached hydrogens (tertiary/aromatic N) is 3. The van der Waals surface area contributed by atoms with E-state index in [1.54, 1.807) is 12.3 Å². The van der Waals surface area contributed by atoms with Crippen molar-refractivity contribution in [2.75, 3.05) is 11.9 Å². The maximum absolute atomic E-state index is 12.8. The summed E-state index contributed by atoms with van der Waals surface area (Å²) in [5, 5.41) is 7.93. The average Bonchev–Trinajstić information content (AvgIpc) is 3.07. The van der Waals surface area contributed by atoms with Crippen LogP contribution in [0.2, 0.25) is 5.02 Å². The van der Waals surface area contributed by atoms with Crippen LogP contribution in [0.5, 0.6) is 0 Å². The van der Waals surface area contributed by atoms with Gasteiger partial charge in [0.2, 0.25) is 5.91 Å². The maximum Gasteiger partial charge on any atom is 0.311 e. The standard InChI is InChI=1S/C14H15ClF2N4O3S/c1-3-24-10(23)4-8-6-25-14(18-8)19-9(22)5-21-7(2)11(15)12(20-21)13(16)17/h6,13H,3-5H2,1-2H3,(H,18,19,22). The number of rotatable bonds is 7. The summed E-state index contributed by atoms with van der Waals surface area (Å²) < 4.78 is 31.4. The Morgan fingerprint density at radius 2 is 2.20 bits per heavy atom. The van der Waals surface area contributed by atoms with E-state index in [0.717, 1.165) is 16.0 Å². The largest absolute Gasteiger partial charge is 0.466 e. The van der Waals surface area contributed by atoms with E-state index in [0.29, 0.717) is 5.69 Å². The number of esters is 1. The number of anilines is 1. The van der Waals surface area contributed by atoms with E-state index in [2.05, 4.69) is 15.4 Å². The number of nitrogens with one attached hydrogen (secondary N) is 1. The highest BCUT2D eigenvalue weighted by molar-refractivity contribution is 7.13. The molecular weight excluding hydrogens is 378 g/mol. The number of thiazole rings is 1. The molecule has 0 fully saturated rings. The van der Waals surface area contributed by atoms with Crippen LogP contribution in [-0.4, -0.2) is 33.2 Å². The molecule has 7 nitrogen and oxygen atoms in total. The van der Waals surface area contributed by atoms with Crippen LogP contribution in [0.3, 0.4) is 0 Å². The van der Waals surface area contributed by atoms with Crippen LogP contribution in [-0.2, 0) is 27.3 Å². The molecule has 0 saturated heterocycles. The van der Waals surface area contributed by atoms with Gasteiger partial charge in [0.1, 0.15) is 12.2 Å². The molecule has 0 atom stereocenters. The summed E-state index contributed by atoms with van der Waals surface area (Å²) in [4.78, 5) is 27.5. The summed E-state index contributed by atoms with van der Waals surface area (Å²) in [7, 11) is 0. The minimum absolute atomic E-state index is 0.00578. The molecule has 0 aromatic carbocycles. The molecule has 0 aliphatic heterocycles. The highest BCUT2D eigenvalue weighted by Gasteiger charge is 2.21. The van der Waals surface area contributed by atoms with Gasteiger partial charge in [-0.05, 0) is 13.8 Å². The molecule has 1 N–H and O–H groups in total. The smallest absolute Gasteiger partial charge is 0.311 e. The van der Waals surface area contributed by atoms with Gasteiger partial charge in [-0.15, -0.1) is 11.3 Å². The second kappa shape index (κ2) is 8.34. The summed E-state index contributed by atoms with van der Waals surface area (Å²) >= 11 is 6.92. The number of alkyl halides is 2. The summed E-state index contributed by atoms with van der Waals surface area (Å²) in [6, 6.07) is 0. The highest BCUT2D eigenvalue weighted by Crippen LogP contribution is 2.28. The second-order valence-corrected chi connectivity index (χ2v) is 6.15. The fraction of sp³-hybridized carbons (Fsp3) is 0.429. The fourth-order valence-corrected chi connectivity index (χ4v) is 2.89. The molecule has 11 heteroatoms. The molecule has 25 heavy (non-hydrogen) atoms.